The molecule has 2 aromatic carbocycles. The molecule has 0 aliphatic heterocycles. The van der Waals surface area contributed by atoms with Crippen LogP contribution in [-0.4, -0.2) is 66.9 Å². The van der Waals surface area contributed by atoms with Gasteiger partial charge in [-0.1, -0.05) is 48.9 Å². The lowest BCUT2D eigenvalue weighted by atomic mass is 10.1. The number of amides is 3. The normalized spacial score (nSPS) is 9.94. The Hall–Kier alpha value is -2.97. The average Bonchev–Trinajstić information content (AvgIpc) is 2.80. The summed E-state index contributed by atoms with van der Waals surface area (Å²) in [6, 6.07) is 10.9. The maximum absolute atomic E-state index is 13.1. The van der Waals surface area contributed by atoms with Crippen molar-refractivity contribution in [2.75, 3.05) is 33.8 Å². The van der Waals surface area contributed by atoms with Gasteiger partial charge in [0, 0.05) is 39.3 Å². The van der Waals surface area contributed by atoms with E-state index in [1.54, 1.807) is 49.3 Å². The van der Waals surface area contributed by atoms with Crippen molar-refractivity contribution < 1.29 is 23.9 Å². The number of aldehydes is 1. The van der Waals surface area contributed by atoms with Crippen LogP contribution in [-0.2, 0) is 6.54 Å². The molecule has 174 valence electrons. The number of hydrogen-bond acceptors (Lipinski definition) is 4. The van der Waals surface area contributed by atoms with Gasteiger partial charge in [-0.2, -0.15) is 0 Å². The first-order valence-electron chi connectivity index (χ1n) is 10.1. The van der Waals surface area contributed by atoms with Crippen molar-refractivity contribution in [2.45, 2.75) is 19.9 Å². The molecule has 0 bridgehead atoms. The molecule has 0 spiro atoms. The Morgan fingerprint density at radius 3 is 2.41 bits per heavy atom. The minimum absolute atomic E-state index is 0.0117. The van der Waals surface area contributed by atoms with E-state index >= 15 is 0 Å². The molecule has 0 unspecified atom stereocenters. The highest BCUT2D eigenvalue weighted by Gasteiger charge is 2.14. The van der Waals surface area contributed by atoms with E-state index < -0.39 is 5.82 Å². The molecule has 0 fully saturated rings. The van der Waals surface area contributed by atoms with E-state index in [4.69, 9.17) is 16.7 Å². The summed E-state index contributed by atoms with van der Waals surface area (Å²) < 4.78 is 13.1. The van der Waals surface area contributed by atoms with Gasteiger partial charge in [0.2, 0.25) is 0 Å². The predicted octanol–water partition coefficient (Wildman–Crippen LogP) is 3.59. The smallest absolute Gasteiger partial charge is 0.317 e. The fourth-order valence-corrected chi connectivity index (χ4v) is 2.87. The lowest BCUT2D eigenvalue weighted by Gasteiger charge is -2.16. The van der Waals surface area contributed by atoms with E-state index in [1.807, 2.05) is 6.92 Å². The van der Waals surface area contributed by atoms with Crippen molar-refractivity contribution in [3.05, 3.63) is 70.0 Å². The van der Waals surface area contributed by atoms with Gasteiger partial charge in [0.25, 0.3) is 5.91 Å². The number of urea groups is 1. The number of nitrogens with one attached hydrogen (secondary N) is 1. The Morgan fingerprint density at radius 1 is 1.09 bits per heavy atom. The van der Waals surface area contributed by atoms with Crippen molar-refractivity contribution >= 4 is 29.8 Å². The first-order valence-corrected chi connectivity index (χ1v) is 10.5. The number of hydrogen-bond donors (Lipinski definition) is 2. The highest BCUT2D eigenvalue weighted by atomic mass is 35.5. The zero-order valence-corrected chi connectivity index (χ0v) is 19.2. The van der Waals surface area contributed by atoms with Crippen molar-refractivity contribution in [3.63, 3.8) is 0 Å². The molecule has 0 atom stereocenters. The summed E-state index contributed by atoms with van der Waals surface area (Å²) in [5, 5.41) is 11.2. The molecule has 0 aliphatic carbocycles. The van der Waals surface area contributed by atoms with Crippen LogP contribution in [0.2, 0.25) is 5.02 Å². The Morgan fingerprint density at radius 2 is 1.78 bits per heavy atom. The molecule has 2 aromatic rings. The molecule has 0 saturated carbocycles. The van der Waals surface area contributed by atoms with E-state index in [1.165, 1.54) is 17.0 Å². The van der Waals surface area contributed by atoms with E-state index in [0.717, 1.165) is 6.42 Å². The molecule has 32 heavy (non-hydrogen) atoms. The Balaban J connectivity index is 0.000000323. The number of rotatable bonds is 8. The highest BCUT2D eigenvalue weighted by Crippen LogP contribution is 2.19. The van der Waals surface area contributed by atoms with Crippen molar-refractivity contribution in [2.24, 2.45) is 0 Å². The van der Waals surface area contributed by atoms with Crippen LogP contribution in [0.3, 0.4) is 0 Å². The maximum atomic E-state index is 13.1. The zero-order valence-electron chi connectivity index (χ0n) is 18.5. The molecular weight excluding hydrogens is 437 g/mol. The van der Waals surface area contributed by atoms with Crippen LogP contribution < -0.4 is 5.32 Å². The number of aliphatic hydroxyl groups excluding tert-OH is 1. The molecule has 0 aromatic heterocycles. The number of likely N-dealkylation sites (N-methyl/N-ethyl adjacent to an activating group) is 1. The minimum Gasteiger partial charge on any atom is -0.395 e. The molecule has 0 aliphatic rings. The Labute approximate surface area is 192 Å². The lowest BCUT2D eigenvalue weighted by molar-refractivity contribution is 0.0792. The summed E-state index contributed by atoms with van der Waals surface area (Å²) in [6.07, 6.45) is 1.62. The molecule has 0 radical (unpaired) electrons. The van der Waals surface area contributed by atoms with E-state index in [-0.39, 0.29) is 36.7 Å². The number of carbonyl (C=O) groups is 3. The monoisotopic (exact) mass is 465 g/mol. The second-order valence-corrected chi connectivity index (χ2v) is 7.33. The second-order valence-electron chi connectivity index (χ2n) is 6.95. The number of carbonyl (C=O) groups excluding carboxylic acids is 3. The van der Waals surface area contributed by atoms with Gasteiger partial charge in [-0.25, -0.2) is 9.18 Å². The first kappa shape index (κ1) is 27.1. The van der Waals surface area contributed by atoms with E-state index in [2.05, 4.69) is 5.32 Å². The molecule has 3 amide bonds. The van der Waals surface area contributed by atoms with E-state index in [9.17, 15) is 18.8 Å². The fraction of sp³-hybridized carbons (Fsp3) is 0.348. The largest absolute Gasteiger partial charge is 0.395 e. The van der Waals surface area contributed by atoms with Gasteiger partial charge >= 0.3 is 6.03 Å². The molecule has 9 heteroatoms. The molecule has 0 saturated heterocycles. The van der Waals surface area contributed by atoms with Gasteiger partial charge in [-0.3, -0.25) is 9.59 Å². The number of aliphatic hydroxyl groups is 1. The van der Waals surface area contributed by atoms with Gasteiger partial charge in [0.15, 0.2) is 6.29 Å². The number of benzene rings is 2. The first-order chi connectivity index (χ1) is 15.3. The highest BCUT2D eigenvalue weighted by molar-refractivity contribution is 6.31. The van der Waals surface area contributed by atoms with Crippen LogP contribution in [0.25, 0.3) is 0 Å². The van der Waals surface area contributed by atoms with Gasteiger partial charge in [0.1, 0.15) is 5.82 Å². The van der Waals surface area contributed by atoms with Crippen LogP contribution in [0.15, 0.2) is 42.5 Å². The molecular formula is C23H29ClFN3O4. The third-order valence-electron chi connectivity index (χ3n) is 4.47. The average molecular weight is 466 g/mol. The quantitative estimate of drug-likeness (QED) is 0.583. The van der Waals surface area contributed by atoms with Crippen LogP contribution in [0.5, 0.6) is 0 Å². The minimum atomic E-state index is -0.512. The summed E-state index contributed by atoms with van der Waals surface area (Å²) in [6.45, 7) is 2.99. The Bertz CT molecular complexity index is 911. The third-order valence-corrected chi connectivity index (χ3v) is 4.89. The lowest BCUT2D eigenvalue weighted by Crippen LogP contribution is -2.38. The molecule has 2 rings (SSSR count). The summed E-state index contributed by atoms with van der Waals surface area (Å²) in [7, 11) is 3.30. The summed E-state index contributed by atoms with van der Waals surface area (Å²) >= 11 is 5.74. The van der Waals surface area contributed by atoms with Crippen molar-refractivity contribution in [3.8, 4) is 0 Å². The summed E-state index contributed by atoms with van der Waals surface area (Å²) in [4.78, 5) is 37.0. The number of nitrogens with zero attached hydrogens (tertiary/aromatic N) is 2. The second kappa shape index (κ2) is 14.2. The van der Waals surface area contributed by atoms with Gasteiger partial charge in [0.05, 0.1) is 17.2 Å². The van der Waals surface area contributed by atoms with Crippen LogP contribution >= 0.6 is 11.6 Å². The van der Waals surface area contributed by atoms with Crippen LogP contribution in [0, 0.1) is 5.82 Å². The van der Waals surface area contributed by atoms with Crippen molar-refractivity contribution in [1.82, 2.24) is 15.1 Å². The molecule has 0 heterocycles. The SMILES string of the molecule is CCCN(C)C(=O)c1ccccc1C=O.CN(CCO)C(=O)NCc1cccc(F)c1Cl. The van der Waals surface area contributed by atoms with Gasteiger partial charge < -0.3 is 20.2 Å². The van der Waals surface area contributed by atoms with Crippen molar-refractivity contribution in [1.29, 1.82) is 0 Å². The molecule has 2 N–H and O–H groups in total. The third kappa shape index (κ3) is 8.28. The number of halogens is 2. The standard InChI is InChI=1S/C12H15NO2.C11H14ClFN2O2/c1-3-8-13(2)12(15)11-7-5-4-6-10(11)9-14;1-15(5-6-16)11(17)14-7-8-3-2-4-9(13)10(8)12/h4-7,9H,3,8H2,1-2H3;2-4,16H,5-7H2,1H3,(H,14,17). The van der Waals surface area contributed by atoms with E-state index in [0.29, 0.717) is 29.5 Å². The van der Waals surface area contributed by atoms with Gasteiger partial charge in [-0.15, -0.1) is 0 Å². The maximum Gasteiger partial charge on any atom is 0.317 e. The fourth-order valence-electron chi connectivity index (χ4n) is 2.68. The summed E-state index contributed by atoms with van der Waals surface area (Å²) in [5.41, 5.74) is 1.44. The Kier molecular flexibility index (Phi) is 12.0. The zero-order chi connectivity index (χ0) is 24.1. The van der Waals surface area contributed by atoms with Gasteiger partial charge in [-0.05, 0) is 24.1 Å². The topological polar surface area (TPSA) is 90.0 Å². The van der Waals surface area contributed by atoms with Crippen LogP contribution in [0.1, 0.15) is 39.6 Å². The molecule has 7 nitrogen and oxygen atoms in total. The predicted molar refractivity (Wildman–Crippen MR) is 122 cm³/mol. The van der Waals surface area contributed by atoms with Crippen LogP contribution in [0.4, 0.5) is 9.18 Å². The summed E-state index contributed by atoms with van der Waals surface area (Å²) in [5.74, 6) is -0.610.